The fourth-order valence-corrected chi connectivity index (χ4v) is 3.17. The van der Waals surface area contributed by atoms with Gasteiger partial charge in [-0.15, -0.1) is 0 Å². The Kier molecular flexibility index (Phi) is 6.29. The number of carbonyl (C=O) groups excluding carboxylic acids is 1. The zero-order chi connectivity index (χ0) is 19.1. The van der Waals surface area contributed by atoms with Gasteiger partial charge in [-0.1, -0.05) is 12.1 Å². The molecule has 1 N–H and O–H groups in total. The summed E-state index contributed by atoms with van der Waals surface area (Å²) < 4.78 is 5.72. The van der Waals surface area contributed by atoms with E-state index in [-0.39, 0.29) is 5.91 Å². The molecule has 0 aromatic heterocycles. The minimum absolute atomic E-state index is 0.0390. The summed E-state index contributed by atoms with van der Waals surface area (Å²) in [5.41, 5.74) is 2.40. The molecule has 27 heavy (non-hydrogen) atoms. The summed E-state index contributed by atoms with van der Waals surface area (Å²) in [7, 11) is 0. The van der Waals surface area contributed by atoms with Gasteiger partial charge in [0.05, 0.1) is 30.5 Å². The van der Waals surface area contributed by atoms with Crippen LogP contribution in [-0.2, 0) is 4.79 Å². The number of carbonyl (C=O) groups is 1. The molecule has 1 amide bonds. The third-order valence-corrected chi connectivity index (χ3v) is 4.54. The van der Waals surface area contributed by atoms with Gasteiger partial charge in [-0.3, -0.25) is 9.69 Å². The third kappa shape index (κ3) is 4.99. The van der Waals surface area contributed by atoms with E-state index in [4.69, 9.17) is 10.00 Å². The van der Waals surface area contributed by atoms with Gasteiger partial charge in [0.15, 0.2) is 0 Å². The van der Waals surface area contributed by atoms with Crippen molar-refractivity contribution in [2.45, 2.75) is 6.92 Å². The second-order valence-electron chi connectivity index (χ2n) is 6.40. The molecule has 0 saturated carbocycles. The SMILES string of the molecule is CCOc1ccccc1N1CCN(CC(=O)Nc2ccc(C#N)cc2)CC1. The molecule has 0 spiro atoms. The second-order valence-corrected chi connectivity index (χ2v) is 6.40. The first kappa shape index (κ1) is 18.7. The summed E-state index contributed by atoms with van der Waals surface area (Å²) in [6, 6.07) is 17.0. The highest BCUT2D eigenvalue weighted by Gasteiger charge is 2.21. The van der Waals surface area contributed by atoms with Gasteiger partial charge in [0.2, 0.25) is 5.91 Å². The molecule has 1 saturated heterocycles. The molecule has 0 atom stereocenters. The van der Waals surface area contributed by atoms with E-state index >= 15 is 0 Å². The summed E-state index contributed by atoms with van der Waals surface area (Å²) in [5.74, 6) is 0.870. The zero-order valence-corrected chi connectivity index (χ0v) is 15.5. The molecule has 1 fully saturated rings. The van der Waals surface area contributed by atoms with E-state index in [0.29, 0.717) is 24.4 Å². The van der Waals surface area contributed by atoms with Crippen LogP contribution in [0.25, 0.3) is 0 Å². The van der Waals surface area contributed by atoms with Crippen molar-refractivity contribution in [1.29, 1.82) is 5.26 Å². The molecule has 6 heteroatoms. The van der Waals surface area contributed by atoms with Gasteiger partial charge in [-0.05, 0) is 43.3 Å². The number of hydrogen-bond donors (Lipinski definition) is 1. The molecule has 0 unspecified atom stereocenters. The molecule has 0 bridgehead atoms. The van der Waals surface area contributed by atoms with E-state index in [2.05, 4.69) is 27.3 Å². The Morgan fingerprint density at radius 2 is 1.81 bits per heavy atom. The van der Waals surface area contributed by atoms with Crippen LogP contribution in [0.1, 0.15) is 12.5 Å². The van der Waals surface area contributed by atoms with Crippen LogP contribution in [-0.4, -0.2) is 50.1 Å². The highest BCUT2D eigenvalue weighted by molar-refractivity contribution is 5.92. The van der Waals surface area contributed by atoms with E-state index < -0.39 is 0 Å². The lowest BCUT2D eigenvalue weighted by molar-refractivity contribution is -0.117. The van der Waals surface area contributed by atoms with Crippen molar-refractivity contribution < 1.29 is 9.53 Å². The topological polar surface area (TPSA) is 68.6 Å². The fraction of sp³-hybridized carbons (Fsp3) is 0.333. The van der Waals surface area contributed by atoms with Crippen molar-refractivity contribution in [3.8, 4) is 11.8 Å². The molecular formula is C21H24N4O2. The summed E-state index contributed by atoms with van der Waals surface area (Å²) in [4.78, 5) is 16.7. The predicted molar refractivity (Wildman–Crippen MR) is 106 cm³/mol. The Labute approximate surface area is 160 Å². The van der Waals surface area contributed by atoms with Crippen LogP contribution in [0, 0.1) is 11.3 Å². The number of benzene rings is 2. The van der Waals surface area contributed by atoms with Gasteiger partial charge in [0, 0.05) is 31.9 Å². The summed E-state index contributed by atoms with van der Waals surface area (Å²) >= 11 is 0. The first-order valence-corrected chi connectivity index (χ1v) is 9.18. The van der Waals surface area contributed by atoms with Crippen molar-refractivity contribution in [2.75, 3.05) is 49.5 Å². The lowest BCUT2D eigenvalue weighted by atomic mass is 10.2. The first-order chi connectivity index (χ1) is 13.2. The fourth-order valence-electron chi connectivity index (χ4n) is 3.17. The summed E-state index contributed by atoms with van der Waals surface area (Å²) in [6.07, 6.45) is 0. The van der Waals surface area contributed by atoms with Crippen LogP contribution in [0.15, 0.2) is 48.5 Å². The molecular weight excluding hydrogens is 340 g/mol. The number of amides is 1. The van der Waals surface area contributed by atoms with Crippen LogP contribution in [0.5, 0.6) is 5.75 Å². The molecule has 0 radical (unpaired) electrons. The Hall–Kier alpha value is -3.04. The third-order valence-electron chi connectivity index (χ3n) is 4.54. The van der Waals surface area contributed by atoms with Crippen LogP contribution in [0.3, 0.4) is 0 Å². The monoisotopic (exact) mass is 364 g/mol. The van der Waals surface area contributed by atoms with Crippen molar-refractivity contribution >= 4 is 17.3 Å². The Morgan fingerprint density at radius 1 is 1.11 bits per heavy atom. The molecule has 2 aromatic rings. The minimum Gasteiger partial charge on any atom is -0.492 e. The van der Waals surface area contributed by atoms with Gasteiger partial charge in [0.25, 0.3) is 0 Å². The Balaban J connectivity index is 1.50. The lowest BCUT2D eigenvalue weighted by Crippen LogP contribution is -2.48. The average Bonchev–Trinajstić information content (AvgIpc) is 2.70. The van der Waals surface area contributed by atoms with Crippen LogP contribution >= 0.6 is 0 Å². The van der Waals surface area contributed by atoms with Gasteiger partial charge in [-0.25, -0.2) is 0 Å². The number of piperazine rings is 1. The number of nitrogens with zero attached hydrogens (tertiary/aromatic N) is 3. The predicted octanol–water partition coefficient (Wildman–Crippen LogP) is 2.72. The normalized spacial score (nSPS) is 14.4. The largest absolute Gasteiger partial charge is 0.492 e. The summed E-state index contributed by atoms with van der Waals surface area (Å²) in [5, 5.41) is 11.7. The average molecular weight is 364 g/mol. The molecule has 1 aliphatic heterocycles. The molecule has 3 rings (SSSR count). The maximum absolute atomic E-state index is 12.3. The van der Waals surface area contributed by atoms with E-state index in [9.17, 15) is 4.79 Å². The maximum Gasteiger partial charge on any atom is 0.238 e. The highest BCUT2D eigenvalue weighted by Crippen LogP contribution is 2.28. The quantitative estimate of drug-likeness (QED) is 0.854. The minimum atomic E-state index is -0.0390. The van der Waals surface area contributed by atoms with Crippen LogP contribution < -0.4 is 15.0 Å². The number of hydrogen-bond acceptors (Lipinski definition) is 5. The van der Waals surface area contributed by atoms with Gasteiger partial charge in [0.1, 0.15) is 5.75 Å². The number of para-hydroxylation sites is 2. The van der Waals surface area contributed by atoms with E-state index in [1.54, 1.807) is 24.3 Å². The Morgan fingerprint density at radius 3 is 2.48 bits per heavy atom. The number of nitriles is 1. The molecule has 1 aliphatic rings. The number of nitrogens with one attached hydrogen (secondary N) is 1. The number of rotatable bonds is 6. The first-order valence-electron chi connectivity index (χ1n) is 9.18. The van der Waals surface area contributed by atoms with Crippen molar-refractivity contribution in [3.63, 3.8) is 0 Å². The lowest BCUT2D eigenvalue weighted by Gasteiger charge is -2.36. The van der Waals surface area contributed by atoms with Crippen molar-refractivity contribution in [3.05, 3.63) is 54.1 Å². The number of anilines is 2. The highest BCUT2D eigenvalue weighted by atomic mass is 16.5. The molecule has 6 nitrogen and oxygen atoms in total. The van der Waals surface area contributed by atoms with Gasteiger partial charge < -0.3 is 15.0 Å². The van der Waals surface area contributed by atoms with Crippen LogP contribution in [0.2, 0.25) is 0 Å². The molecule has 1 heterocycles. The summed E-state index contributed by atoms with van der Waals surface area (Å²) in [6.45, 7) is 6.35. The van der Waals surface area contributed by atoms with Crippen molar-refractivity contribution in [1.82, 2.24) is 4.90 Å². The maximum atomic E-state index is 12.3. The zero-order valence-electron chi connectivity index (χ0n) is 15.5. The second kappa shape index (κ2) is 9.06. The van der Waals surface area contributed by atoms with Gasteiger partial charge >= 0.3 is 0 Å². The van der Waals surface area contributed by atoms with E-state index in [0.717, 1.165) is 37.6 Å². The standard InChI is InChI=1S/C21H24N4O2/c1-2-27-20-6-4-3-5-19(20)25-13-11-24(12-14-25)16-21(26)23-18-9-7-17(15-22)8-10-18/h3-10H,2,11-14,16H2,1H3,(H,23,26). The smallest absolute Gasteiger partial charge is 0.238 e. The molecule has 2 aromatic carbocycles. The number of ether oxygens (including phenoxy) is 1. The Bertz CT molecular complexity index is 806. The van der Waals surface area contributed by atoms with E-state index in [1.165, 1.54) is 0 Å². The molecule has 0 aliphatic carbocycles. The van der Waals surface area contributed by atoms with Gasteiger partial charge in [-0.2, -0.15) is 5.26 Å². The van der Waals surface area contributed by atoms with E-state index in [1.807, 2.05) is 25.1 Å². The van der Waals surface area contributed by atoms with Crippen LogP contribution in [0.4, 0.5) is 11.4 Å². The van der Waals surface area contributed by atoms with Crippen molar-refractivity contribution in [2.24, 2.45) is 0 Å². The molecule has 140 valence electrons.